The van der Waals surface area contributed by atoms with Crippen molar-refractivity contribution < 1.29 is 9.53 Å². The number of hydrogen-bond acceptors (Lipinski definition) is 5. The molecule has 0 saturated heterocycles. The Morgan fingerprint density at radius 3 is 2.61 bits per heavy atom. The summed E-state index contributed by atoms with van der Waals surface area (Å²) in [5, 5.41) is 9.47. The summed E-state index contributed by atoms with van der Waals surface area (Å²) in [6.45, 7) is 5.55. The van der Waals surface area contributed by atoms with Gasteiger partial charge < -0.3 is 14.2 Å². The Kier molecular flexibility index (Phi) is 7.14. The third-order valence-electron chi connectivity index (χ3n) is 4.94. The quantitative estimate of drug-likeness (QED) is 0.616. The molecule has 0 saturated carbocycles. The summed E-state index contributed by atoms with van der Waals surface area (Å²) in [7, 11) is 1.65. The first-order chi connectivity index (χ1) is 13.7. The molecule has 0 fully saturated rings. The van der Waals surface area contributed by atoms with Crippen molar-refractivity contribution in [2.45, 2.75) is 51.2 Å². The lowest BCUT2D eigenvalue weighted by atomic mass is 10.0. The number of thioether (sulfide) groups is 1. The van der Waals surface area contributed by atoms with Gasteiger partial charge in [0, 0.05) is 24.4 Å². The number of methoxy groups -OCH3 is 1. The minimum Gasteiger partial charge on any atom is -0.497 e. The fourth-order valence-corrected chi connectivity index (χ4v) is 4.32. The molecular formula is C21H28N4O2S. The van der Waals surface area contributed by atoms with Gasteiger partial charge in [0.1, 0.15) is 5.75 Å². The van der Waals surface area contributed by atoms with E-state index in [-0.39, 0.29) is 5.91 Å². The summed E-state index contributed by atoms with van der Waals surface area (Å²) in [4.78, 5) is 14.7. The van der Waals surface area contributed by atoms with Gasteiger partial charge >= 0.3 is 0 Å². The smallest absolute Gasteiger partial charge is 0.237 e. The lowest BCUT2D eigenvalue weighted by Crippen LogP contribution is -2.32. The molecule has 0 N–H and O–H groups in total. The zero-order valence-electron chi connectivity index (χ0n) is 16.9. The van der Waals surface area contributed by atoms with E-state index in [1.54, 1.807) is 7.11 Å². The first kappa shape index (κ1) is 20.5. The van der Waals surface area contributed by atoms with Crippen molar-refractivity contribution in [1.29, 1.82) is 0 Å². The molecule has 1 heterocycles. The molecule has 1 aliphatic carbocycles. The monoisotopic (exact) mass is 400 g/mol. The Morgan fingerprint density at radius 1 is 1.21 bits per heavy atom. The van der Waals surface area contributed by atoms with E-state index in [2.05, 4.69) is 27.8 Å². The summed E-state index contributed by atoms with van der Waals surface area (Å²) < 4.78 is 7.27. The largest absolute Gasteiger partial charge is 0.497 e. The molecule has 0 bridgehead atoms. The molecule has 0 radical (unpaired) electrons. The number of rotatable bonds is 8. The van der Waals surface area contributed by atoms with Crippen LogP contribution in [0.3, 0.4) is 0 Å². The van der Waals surface area contributed by atoms with E-state index in [1.165, 1.54) is 23.9 Å². The topological polar surface area (TPSA) is 60.3 Å². The number of hydrogen-bond donors (Lipinski definition) is 0. The maximum absolute atomic E-state index is 12.8. The minimum atomic E-state index is 0.136. The summed E-state index contributed by atoms with van der Waals surface area (Å²) in [5.41, 5.74) is 2.16. The second-order valence-electron chi connectivity index (χ2n) is 6.65. The second kappa shape index (κ2) is 9.78. The Hall–Kier alpha value is -2.28. The minimum absolute atomic E-state index is 0.136. The molecule has 2 aromatic rings. The highest BCUT2D eigenvalue weighted by molar-refractivity contribution is 7.99. The molecule has 7 heteroatoms. The van der Waals surface area contributed by atoms with Crippen LogP contribution in [-0.2, 0) is 11.3 Å². The van der Waals surface area contributed by atoms with Crippen LogP contribution in [0.1, 0.15) is 39.5 Å². The van der Waals surface area contributed by atoms with E-state index in [1.807, 2.05) is 36.1 Å². The van der Waals surface area contributed by atoms with Crippen LogP contribution in [0.5, 0.6) is 5.75 Å². The number of allylic oxidation sites excluding steroid dienone is 2. The summed E-state index contributed by atoms with van der Waals surface area (Å²) in [6, 6.07) is 7.78. The standard InChI is InChI=1S/C21H28N4O2S/c1-4-24(17-9-7-6-8-10-17)19(26)15-28-21-23-22-20(25(21)5-2)16-11-13-18(27-3)14-12-16/h9,11-14H,4-8,10,15H2,1-3H3. The Balaban J connectivity index is 1.71. The molecule has 6 nitrogen and oxygen atoms in total. The molecular weight excluding hydrogens is 372 g/mol. The highest BCUT2D eigenvalue weighted by Crippen LogP contribution is 2.27. The van der Waals surface area contributed by atoms with E-state index in [0.29, 0.717) is 12.3 Å². The molecule has 0 atom stereocenters. The summed E-state index contributed by atoms with van der Waals surface area (Å²) >= 11 is 1.46. The van der Waals surface area contributed by atoms with Crippen molar-refractivity contribution in [3.8, 4) is 17.1 Å². The molecule has 1 aromatic heterocycles. The molecule has 1 aromatic carbocycles. The highest BCUT2D eigenvalue weighted by Gasteiger charge is 2.20. The average molecular weight is 401 g/mol. The second-order valence-corrected chi connectivity index (χ2v) is 7.59. The first-order valence-corrected chi connectivity index (χ1v) is 10.9. The number of nitrogens with zero attached hydrogens (tertiary/aromatic N) is 4. The number of carbonyl (C=O) groups is 1. The maximum atomic E-state index is 12.8. The molecule has 1 aliphatic rings. The number of amides is 1. The average Bonchev–Trinajstić information content (AvgIpc) is 3.16. The normalized spacial score (nSPS) is 13.9. The SMILES string of the molecule is CCN(C(=O)CSc1nnc(-c2ccc(OC)cc2)n1CC)C1=CCCCC1. The van der Waals surface area contributed by atoms with Gasteiger partial charge in [-0.1, -0.05) is 17.8 Å². The van der Waals surface area contributed by atoms with Crippen LogP contribution in [0.15, 0.2) is 41.2 Å². The molecule has 0 unspecified atom stereocenters. The maximum Gasteiger partial charge on any atom is 0.237 e. The van der Waals surface area contributed by atoms with Gasteiger partial charge in [-0.3, -0.25) is 4.79 Å². The van der Waals surface area contributed by atoms with E-state index in [4.69, 9.17) is 4.74 Å². The Morgan fingerprint density at radius 2 is 2.00 bits per heavy atom. The van der Waals surface area contributed by atoms with Crippen molar-refractivity contribution in [2.24, 2.45) is 0 Å². The highest BCUT2D eigenvalue weighted by atomic mass is 32.2. The van der Waals surface area contributed by atoms with Crippen LogP contribution in [0, 0.1) is 0 Å². The number of carbonyl (C=O) groups excluding carboxylic acids is 1. The lowest BCUT2D eigenvalue weighted by Gasteiger charge is -2.26. The van der Waals surface area contributed by atoms with Gasteiger partial charge in [0.25, 0.3) is 0 Å². The fourth-order valence-electron chi connectivity index (χ4n) is 3.44. The molecule has 150 valence electrons. The predicted octanol–water partition coefficient (Wildman–Crippen LogP) is 4.37. The van der Waals surface area contributed by atoms with Crippen molar-refractivity contribution in [2.75, 3.05) is 19.4 Å². The van der Waals surface area contributed by atoms with E-state index in [9.17, 15) is 4.79 Å². The van der Waals surface area contributed by atoms with Gasteiger partial charge in [-0.05, 0) is 63.8 Å². The van der Waals surface area contributed by atoms with Crippen LogP contribution in [-0.4, -0.2) is 45.0 Å². The van der Waals surface area contributed by atoms with Gasteiger partial charge in [0.05, 0.1) is 12.9 Å². The molecule has 0 spiro atoms. The zero-order valence-corrected chi connectivity index (χ0v) is 17.7. The van der Waals surface area contributed by atoms with Gasteiger partial charge in [-0.15, -0.1) is 10.2 Å². The summed E-state index contributed by atoms with van der Waals surface area (Å²) in [5.74, 6) is 2.12. The number of ether oxygens (including phenoxy) is 1. The van der Waals surface area contributed by atoms with E-state index >= 15 is 0 Å². The third-order valence-corrected chi connectivity index (χ3v) is 5.89. The van der Waals surface area contributed by atoms with E-state index in [0.717, 1.165) is 48.1 Å². The van der Waals surface area contributed by atoms with Crippen molar-refractivity contribution in [3.63, 3.8) is 0 Å². The van der Waals surface area contributed by atoms with Crippen molar-refractivity contribution >= 4 is 17.7 Å². The predicted molar refractivity (Wildman–Crippen MR) is 112 cm³/mol. The van der Waals surface area contributed by atoms with Crippen LogP contribution < -0.4 is 4.74 Å². The van der Waals surface area contributed by atoms with Crippen LogP contribution in [0.2, 0.25) is 0 Å². The summed E-state index contributed by atoms with van der Waals surface area (Å²) in [6.07, 6.45) is 6.67. The van der Waals surface area contributed by atoms with Gasteiger partial charge in [-0.25, -0.2) is 0 Å². The van der Waals surface area contributed by atoms with Crippen LogP contribution in [0.25, 0.3) is 11.4 Å². The van der Waals surface area contributed by atoms with Gasteiger partial charge in [0.2, 0.25) is 5.91 Å². The van der Waals surface area contributed by atoms with Gasteiger partial charge in [0.15, 0.2) is 11.0 Å². The molecule has 0 aliphatic heterocycles. The number of benzene rings is 1. The Bertz CT molecular complexity index is 829. The third kappa shape index (κ3) is 4.58. The first-order valence-electron chi connectivity index (χ1n) is 9.87. The van der Waals surface area contributed by atoms with Gasteiger partial charge in [-0.2, -0.15) is 0 Å². The number of aromatic nitrogens is 3. The van der Waals surface area contributed by atoms with Crippen LogP contribution in [0.4, 0.5) is 0 Å². The zero-order chi connectivity index (χ0) is 19.9. The fraction of sp³-hybridized carbons (Fsp3) is 0.476. The molecule has 1 amide bonds. The lowest BCUT2D eigenvalue weighted by molar-refractivity contribution is -0.126. The molecule has 28 heavy (non-hydrogen) atoms. The van der Waals surface area contributed by atoms with E-state index < -0.39 is 0 Å². The Labute approximate surface area is 171 Å². The molecule has 3 rings (SSSR count). The van der Waals surface area contributed by atoms with Crippen molar-refractivity contribution in [3.05, 3.63) is 36.0 Å². The van der Waals surface area contributed by atoms with Crippen molar-refractivity contribution in [1.82, 2.24) is 19.7 Å². The van der Waals surface area contributed by atoms with Crippen LogP contribution >= 0.6 is 11.8 Å².